The summed E-state index contributed by atoms with van der Waals surface area (Å²) in [5.74, 6) is 0.512. The molecule has 0 saturated carbocycles. The average molecular weight is 298 g/mol. The maximum atomic E-state index is 3.63. The van der Waals surface area contributed by atoms with Crippen LogP contribution in [-0.2, 0) is 6.42 Å². The Morgan fingerprint density at radius 2 is 1.82 bits per heavy atom. The van der Waals surface area contributed by atoms with E-state index < -0.39 is 0 Å². The molecule has 2 N–H and O–H groups in total. The molecule has 22 heavy (non-hydrogen) atoms. The molecule has 0 aliphatic heterocycles. The van der Waals surface area contributed by atoms with Crippen LogP contribution in [0.25, 0.3) is 5.57 Å². The lowest BCUT2D eigenvalue weighted by atomic mass is 9.92. The highest BCUT2D eigenvalue weighted by Crippen LogP contribution is 2.25. The minimum Gasteiger partial charge on any atom is -0.329 e. The zero-order valence-electron chi connectivity index (χ0n) is 14.6. The van der Waals surface area contributed by atoms with E-state index in [4.69, 9.17) is 0 Å². The van der Waals surface area contributed by atoms with E-state index in [-0.39, 0.29) is 0 Å². The Hall–Kier alpha value is -1.80. The van der Waals surface area contributed by atoms with Crippen LogP contribution in [0.2, 0.25) is 0 Å². The van der Waals surface area contributed by atoms with E-state index in [1.165, 1.54) is 22.3 Å². The Morgan fingerprint density at radius 1 is 1.18 bits per heavy atom. The molecule has 0 aromatic heterocycles. The molecule has 2 nitrogen and oxygen atoms in total. The predicted octanol–water partition coefficient (Wildman–Crippen LogP) is 4.86. The summed E-state index contributed by atoms with van der Waals surface area (Å²) in [6.45, 7) is 14.5. The summed E-state index contributed by atoms with van der Waals surface area (Å²) in [7, 11) is 0. The van der Waals surface area contributed by atoms with Crippen molar-refractivity contribution >= 4 is 5.57 Å². The van der Waals surface area contributed by atoms with Crippen LogP contribution < -0.4 is 10.9 Å². The van der Waals surface area contributed by atoms with Crippen molar-refractivity contribution in [3.05, 3.63) is 65.9 Å². The topological polar surface area (TPSA) is 24.1 Å². The van der Waals surface area contributed by atoms with E-state index in [1.807, 2.05) is 0 Å². The number of hydrogen-bond acceptors (Lipinski definition) is 2. The molecule has 0 heterocycles. The van der Waals surface area contributed by atoms with Crippen LogP contribution in [0.3, 0.4) is 0 Å². The summed E-state index contributed by atoms with van der Waals surface area (Å²) >= 11 is 0. The fraction of sp³-hybridized carbons (Fsp3) is 0.400. The first-order valence-corrected chi connectivity index (χ1v) is 8.03. The van der Waals surface area contributed by atoms with E-state index >= 15 is 0 Å². The minimum atomic E-state index is 0.356. The molecule has 120 valence electrons. The smallest absolute Gasteiger partial charge is 0.0272 e. The Labute approximate surface area is 136 Å². The number of rotatable bonds is 8. The number of hydrogen-bond donors (Lipinski definition) is 2. The van der Waals surface area contributed by atoms with Crippen LogP contribution in [0.5, 0.6) is 0 Å². The van der Waals surface area contributed by atoms with Gasteiger partial charge in [0.1, 0.15) is 0 Å². The Morgan fingerprint density at radius 3 is 2.32 bits per heavy atom. The number of allylic oxidation sites excluding steroid dienone is 4. The summed E-state index contributed by atoms with van der Waals surface area (Å²) in [5.41, 5.74) is 11.5. The lowest BCUT2D eigenvalue weighted by Gasteiger charge is -2.15. The van der Waals surface area contributed by atoms with Crippen molar-refractivity contribution in [1.29, 1.82) is 0 Å². The molecule has 1 atom stereocenters. The summed E-state index contributed by atoms with van der Waals surface area (Å²) in [6, 6.07) is 9.27. The van der Waals surface area contributed by atoms with Crippen molar-refractivity contribution < 1.29 is 0 Å². The first-order chi connectivity index (χ1) is 10.5. The monoisotopic (exact) mass is 298 g/mol. The van der Waals surface area contributed by atoms with Gasteiger partial charge < -0.3 is 5.43 Å². The van der Waals surface area contributed by atoms with Gasteiger partial charge in [-0.25, -0.2) is 5.43 Å². The van der Waals surface area contributed by atoms with Gasteiger partial charge in [-0.3, -0.25) is 0 Å². The van der Waals surface area contributed by atoms with E-state index in [1.54, 1.807) is 6.20 Å². The van der Waals surface area contributed by atoms with Crippen LogP contribution in [0.4, 0.5) is 0 Å². The third-order valence-electron chi connectivity index (χ3n) is 3.72. The molecule has 2 heteroatoms. The second-order valence-electron chi connectivity index (χ2n) is 6.08. The summed E-state index contributed by atoms with van der Waals surface area (Å²) in [5, 5.41) is 0. The molecule has 0 aliphatic carbocycles. The molecular formula is C20H30N2. The highest BCUT2D eigenvalue weighted by molar-refractivity contribution is 5.69. The SMILES string of the molecule is C=CNNC(C)Cc1ccc(/C(=C/C(C)=C\C)C(C)C)cc1. The van der Waals surface area contributed by atoms with Gasteiger partial charge in [-0.05, 0) is 49.8 Å². The third kappa shape index (κ3) is 5.90. The Kier molecular flexibility index (Phi) is 7.69. The minimum absolute atomic E-state index is 0.356. The maximum absolute atomic E-state index is 3.63. The molecule has 0 spiro atoms. The van der Waals surface area contributed by atoms with Crippen LogP contribution in [-0.4, -0.2) is 6.04 Å². The van der Waals surface area contributed by atoms with Gasteiger partial charge >= 0.3 is 0 Å². The lowest BCUT2D eigenvalue weighted by Crippen LogP contribution is -2.36. The highest BCUT2D eigenvalue weighted by atomic mass is 15.4. The predicted molar refractivity (Wildman–Crippen MR) is 98.3 cm³/mol. The molecule has 1 unspecified atom stereocenters. The van der Waals surface area contributed by atoms with E-state index in [0.29, 0.717) is 12.0 Å². The summed E-state index contributed by atoms with van der Waals surface area (Å²) in [6.07, 6.45) is 7.08. The van der Waals surface area contributed by atoms with Crippen LogP contribution in [0.15, 0.2) is 54.8 Å². The van der Waals surface area contributed by atoms with Gasteiger partial charge in [-0.15, -0.1) is 0 Å². The van der Waals surface area contributed by atoms with Gasteiger partial charge in [0.15, 0.2) is 0 Å². The van der Waals surface area contributed by atoms with Crippen molar-refractivity contribution in [1.82, 2.24) is 10.9 Å². The molecule has 0 amide bonds. The van der Waals surface area contributed by atoms with Gasteiger partial charge in [0.05, 0.1) is 0 Å². The summed E-state index contributed by atoms with van der Waals surface area (Å²) < 4.78 is 0. The molecule has 0 saturated heterocycles. The largest absolute Gasteiger partial charge is 0.329 e. The Bertz CT molecular complexity index is 521. The molecular weight excluding hydrogens is 268 g/mol. The maximum Gasteiger partial charge on any atom is 0.0272 e. The van der Waals surface area contributed by atoms with Crippen molar-refractivity contribution in [2.45, 2.75) is 47.1 Å². The number of nitrogens with one attached hydrogen (secondary N) is 2. The van der Waals surface area contributed by atoms with Crippen molar-refractivity contribution in [2.24, 2.45) is 5.92 Å². The van der Waals surface area contributed by atoms with Crippen molar-refractivity contribution in [3.63, 3.8) is 0 Å². The van der Waals surface area contributed by atoms with Crippen molar-refractivity contribution in [3.8, 4) is 0 Å². The summed E-state index contributed by atoms with van der Waals surface area (Å²) in [4.78, 5) is 0. The van der Waals surface area contributed by atoms with Gasteiger partial charge in [0, 0.05) is 12.2 Å². The molecule has 1 aromatic rings. The number of hydrazine groups is 1. The molecule has 0 radical (unpaired) electrons. The van der Waals surface area contributed by atoms with E-state index in [0.717, 1.165) is 6.42 Å². The Balaban J connectivity index is 2.86. The molecule has 1 aromatic carbocycles. The normalized spacial score (nSPS) is 14.1. The second kappa shape index (κ2) is 9.26. The molecule has 0 aliphatic rings. The average Bonchev–Trinajstić information content (AvgIpc) is 2.51. The van der Waals surface area contributed by atoms with Crippen LogP contribution in [0, 0.1) is 5.92 Å². The fourth-order valence-electron chi connectivity index (χ4n) is 2.35. The van der Waals surface area contributed by atoms with Crippen LogP contribution >= 0.6 is 0 Å². The molecule has 0 fully saturated rings. The zero-order valence-corrected chi connectivity index (χ0v) is 14.6. The molecule has 0 bridgehead atoms. The standard InChI is InChI=1S/C20H30N2/c1-7-16(5)13-20(15(3)4)19-11-9-18(10-12-19)14-17(6)22-21-8-2/h7-13,15,17,21-22H,2,14H2,1,3-6H3/b16-7-,20-13+. The quantitative estimate of drug-likeness (QED) is 0.529. The van der Waals surface area contributed by atoms with Gasteiger partial charge in [-0.1, -0.05) is 62.4 Å². The molecule has 1 rings (SSSR count). The first-order valence-electron chi connectivity index (χ1n) is 8.03. The third-order valence-corrected chi connectivity index (χ3v) is 3.72. The first kappa shape index (κ1) is 18.2. The van der Waals surface area contributed by atoms with E-state index in [9.17, 15) is 0 Å². The highest BCUT2D eigenvalue weighted by Gasteiger charge is 2.08. The van der Waals surface area contributed by atoms with Gasteiger partial charge in [0.2, 0.25) is 0 Å². The fourth-order valence-corrected chi connectivity index (χ4v) is 2.35. The zero-order chi connectivity index (χ0) is 16.5. The second-order valence-corrected chi connectivity index (χ2v) is 6.08. The van der Waals surface area contributed by atoms with Gasteiger partial charge in [0.25, 0.3) is 0 Å². The lowest BCUT2D eigenvalue weighted by molar-refractivity contribution is 0.504. The van der Waals surface area contributed by atoms with Crippen LogP contribution in [0.1, 0.15) is 45.7 Å². The van der Waals surface area contributed by atoms with Gasteiger partial charge in [-0.2, -0.15) is 0 Å². The van der Waals surface area contributed by atoms with Crippen molar-refractivity contribution in [2.75, 3.05) is 0 Å². The van der Waals surface area contributed by atoms with E-state index in [2.05, 4.69) is 88.5 Å². The number of benzene rings is 1.